The van der Waals surface area contributed by atoms with Crippen LogP contribution in [0.5, 0.6) is 5.75 Å². The van der Waals surface area contributed by atoms with Crippen LogP contribution in [0.15, 0.2) is 53.1 Å². The Morgan fingerprint density at radius 3 is 2.73 bits per heavy atom. The molecule has 2 aromatic carbocycles. The fraction of sp³-hybridized carbons (Fsp3) is 0.467. The van der Waals surface area contributed by atoms with Crippen LogP contribution in [-0.4, -0.2) is 49.3 Å². The second-order valence-electron chi connectivity index (χ2n) is 10.4. The van der Waals surface area contributed by atoms with E-state index in [2.05, 4.69) is 15.4 Å². The maximum atomic E-state index is 13.5. The number of carbonyl (C=O) groups excluding carboxylic acids is 1. The minimum Gasteiger partial charge on any atom is -0.496 e. The Balaban J connectivity index is 1.12. The third kappa shape index (κ3) is 6.21. The molecule has 0 radical (unpaired) electrons. The molecule has 1 saturated heterocycles. The summed E-state index contributed by atoms with van der Waals surface area (Å²) in [4.78, 5) is 15.1. The van der Waals surface area contributed by atoms with Gasteiger partial charge in [0.25, 0.3) is 0 Å². The van der Waals surface area contributed by atoms with Crippen LogP contribution >= 0.6 is 0 Å². The van der Waals surface area contributed by atoms with Gasteiger partial charge in [0.05, 0.1) is 12.8 Å². The van der Waals surface area contributed by atoms with Gasteiger partial charge in [-0.05, 0) is 74.9 Å². The van der Waals surface area contributed by atoms with Crippen molar-refractivity contribution in [1.82, 2.24) is 15.4 Å². The van der Waals surface area contributed by atoms with Crippen molar-refractivity contribution in [1.29, 1.82) is 0 Å². The quantitative estimate of drug-likeness (QED) is 0.393. The molecule has 1 aromatic heterocycles. The first kappa shape index (κ1) is 25.5. The highest BCUT2D eigenvalue weighted by Crippen LogP contribution is 2.35. The highest BCUT2D eigenvalue weighted by atomic mass is 19.1. The van der Waals surface area contributed by atoms with Gasteiger partial charge in [0.1, 0.15) is 11.6 Å². The van der Waals surface area contributed by atoms with Gasteiger partial charge in [-0.25, -0.2) is 4.39 Å². The molecule has 1 saturated carbocycles. The zero-order valence-corrected chi connectivity index (χ0v) is 21.5. The minimum atomic E-state index is -0.296. The number of amides is 1. The standard InChI is InChI=1S/C30H36FN3O3/c1-36-27-9-5-4-6-21(27)10-13-29(35)32-19-23-7-2-3-8-24(23)20-34-16-14-22(15-17-34)30-26-12-11-25(31)18-28(26)37-33-30/h4-6,9-13,18,22-24H,2-3,7-8,14-17,19-20H2,1H3,(H,32,35)/t23-,24-/m0/s1. The van der Waals surface area contributed by atoms with E-state index in [-0.39, 0.29) is 11.7 Å². The van der Waals surface area contributed by atoms with Gasteiger partial charge >= 0.3 is 0 Å². The van der Waals surface area contributed by atoms with E-state index in [0.717, 1.165) is 61.4 Å². The number of nitrogens with one attached hydrogen (secondary N) is 1. The van der Waals surface area contributed by atoms with Crippen LogP contribution in [-0.2, 0) is 4.79 Å². The summed E-state index contributed by atoms with van der Waals surface area (Å²) in [6.45, 7) is 3.85. The third-order valence-corrected chi connectivity index (χ3v) is 8.09. The number of fused-ring (bicyclic) bond motifs is 1. The van der Waals surface area contributed by atoms with E-state index in [1.807, 2.05) is 30.3 Å². The smallest absolute Gasteiger partial charge is 0.244 e. The zero-order chi connectivity index (χ0) is 25.6. The normalized spacial score (nSPS) is 21.5. The number of para-hydroxylation sites is 1. The molecule has 0 unspecified atom stereocenters. The lowest BCUT2D eigenvalue weighted by Gasteiger charge is -2.38. The van der Waals surface area contributed by atoms with E-state index in [1.165, 1.54) is 37.8 Å². The summed E-state index contributed by atoms with van der Waals surface area (Å²) < 4.78 is 24.3. The molecule has 1 aliphatic heterocycles. The molecule has 0 spiro atoms. The Morgan fingerprint density at radius 1 is 1.14 bits per heavy atom. The van der Waals surface area contributed by atoms with Gasteiger partial charge < -0.3 is 19.5 Å². The van der Waals surface area contributed by atoms with Crippen LogP contribution in [0, 0.1) is 17.7 Å². The van der Waals surface area contributed by atoms with E-state index in [1.54, 1.807) is 19.3 Å². The van der Waals surface area contributed by atoms with Gasteiger partial charge in [0, 0.05) is 42.1 Å². The van der Waals surface area contributed by atoms with E-state index < -0.39 is 0 Å². The van der Waals surface area contributed by atoms with Crippen LogP contribution in [0.2, 0.25) is 0 Å². The summed E-state index contributed by atoms with van der Waals surface area (Å²) in [6.07, 6.45) is 10.3. The topological polar surface area (TPSA) is 67.6 Å². The monoisotopic (exact) mass is 505 g/mol. The minimum absolute atomic E-state index is 0.0595. The van der Waals surface area contributed by atoms with Gasteiger partial charge in [0.15, 0.2) is 5.58 Å². The Labute approximate surface area is 217 Å². The number of piperidine rings is 1. The van der Waals surface area contributed by atoms with Crippen LogP contribution in [0.3, 0.4) is 0 Å². The molecule has 6 nitrogen and oxygen atoms in total. The lowest BCUT2D eigenvalue weighted by atomic mass is 9.78. The van der Waals surface area contributed by atoms with E-state index in [4.69, 9.17) is 9.26 Å². The SMILES string of the molecule is COc1ccccc1C=CC(=O)NC[C@@H]1CCCC[C@H]1CN1CCC(c2noc3cc(F)ccc23)CC1. The van der Waals surface area contributed by atoms with Crippen molar-refractivity contribution in [2.24, 2.45) is 11.8 Å². The number of carbonyl (C=O) groups is 1. The fourth-order valence-corrected chi connectivity index (χ4v) is 6.00. The molecule has 0 bridgehead atoms. The van der Waals surface area contributed by atoms with Gasteiger partial charge in [-0.2, -0.15) is 0 Å². The molecule has 37 heavy (non-hydrogen) atoms. The maximum Gasteiger partial charge on any atom is 0.244 e. The van der Waals surface area contributed by atoms with Crippen molar-refractivity contribution in [2.45, 2.75) is 44.4 Å². The molecule has 5 rings (SSSR count). The molecule has 7 heteroatoms. The summed E-state index contributed by atoms with van der Waals surface area (Å²) >= 11 is 0. The van der Waals surface area contributed by atoms with E-state index in [0.29, 0.717) is 23.3 Å². The van der Waals surface area contributed by atoms with Crippen molar-refractivity contribution < 1.29 is 18.4 Å². The molecule has 196 valence electrons. The van der Waals surface area contributed by atoms with Gasteiger partial charge in [-0.1, -0.05) is 36.2 Å². The second-order valence-corrected chi connectivity index (χ2v) is 10.4. The van der Waals surface area contributed by atoms with Crippen molar-refractivity contribution in [3.05, 3.63) is 65.6 Å². The average Bonchev–Trinajstić information content (AvgIpc) is 3.35. The number of benzene rings is 2. The molecule has 2 fully saturated rings. The third-order valence-electron chi connectivity index (χ3n) is 8.09. The molecule has 1 amide bonds. The highest BCUT2D eigenvalue weighted by Gasteiger charge is 2.30. The van der Waals surface area contributed by atoms with Crippen molar-refractivity contribution in [3.8, 4) is 5.75 Å². The molecule has 2 atom stereocenters. The lowest BCUT2D eigenvalue weighted by molar-refractivity contribution is -0.116. The number of hydrogen-bond acceptors (Lipinski definition) is 5. The van der Waals surface area contributed by atoms with E-state index >= 15 is 0 Å². The van der Waals surface area contributed by atoms with Crippen molar-refractivity contribution >= 4 is 23.0 Å². The number of rotatable bonds is 8. The lowest BCUT2D eigenvalue weighted by Crippen LogP contribution is -2.42. The number of halogens is 1. The molecule has 3 aromatic rings. The number of aromatic nitrogens is 1. The Kier molecular flexibility index (Phi) is 8.19. The number of ether oxygens (including phenoxy) is 1. The number of likely N-dealkylation sites (tertiary alicyclic amines) is 1. The largest absolute Gasteiger partial charge is 0.496 e. The molecule has 2 aliphatic rings. The predicted molar refractivity (Wildman–Crippen MR) is 143 cm³/mol. The first-order valence-electron chi connectivity index (χ1n) is 13.5. The Bertz CT molecular complexity index is 1230. The van der Waals surface area contributed by atoms with Crippen LogP contribution in [0.1, 0.15) is 55.7 Å². The van der Waals surface area contributed by atoms with Crippen LogP contribution in [0.4, 0.5) is 4.39 Å². The number of hydrogen-bond donors (Lipinski definition) is 1. The van der Waals surface area contributed by atoms with Gasteiger partial charge in [-0.15, -0.1) is 0 Å². The fourth-order valence-electron chi connectivity index (χ4n) is 6.00. The molecule has 1 aliphatic carbocycles. The molecule has 1 N–H and O–H groups in total. The summed E-state index contributed by atoms with van der Waals surface area (Å²) in [5, 5.41) is 8.36. The Morgan fingerprint density at radius 2 is 1.92 bits per heavy atom. The van der Waals surface area contributed by atoms with Crippen molar-refractivity contribution in [2.75, 3.05) is 33.3 Å². The van der Waals surface area contributed by atoms with Crippen LogP contribution < -0.4 is 10.1 Å². The summed E-state index contributed by atoms with van der Waals surface area (Å²) in [5.74, 6) is 1.85. The number of methoxy groups -OCH3 is 1. The zero-order valence-electron chi connectivity index (χ0n) is 21.5. The van der Waals surface area contributed by atoms with Crippen molar-refractivity contribution in [3.63, 3.8) is 0 Å². The molecular formula is C30H36FN3O3. The second kappa shape index (κ2) is 11.9. The van der Waals surface area contributed by atoms with Gasteiger partial charge in [-0.3, -0.25) is 4.79 Å². The summed E-state index contributed by atoms with van der Waals surface area (Å²) in [6, 6.07) is 12.4. The van der Waals surface area contributed by atoms with E-state index in [9.17, 15) is 9.18 Å². The number of nitrogens with zero attached hydrogens (tertiary/aromatic N) is 2. The molecular weight excluding hydrogens is 469 g/mol. The summed E-state index contributed by atoms with van der Waals surface area (Å²) in [7, 11) is 1.64. The highest BCUT2D eigenvalue weighted by molar-refractivity contribution is 5.92. The maximum absolute atomic E-state index is 13.5. The first-order valence-corrected chi connectivity index (χ1v) is 13.5. The average molecular weight is 506 g/mol. The Hall–Kier alpha value is -3.19. The van der Waals surface area contributed by atoms with Gasteiger partial charge in [0.2, 0.25) is 5.91 Å². The first-order chi connectivity index (χ1) is 18.1. The van der Waals surface area contributed by atoms with Crippen LogP contribution in [0.25, 0.3) is 17.0 Å². The predicted octanol–water partition coefficient (Wildman–Crippen LogP) is 5.79. The molecule has 2 heterocycles. The summed E-state index contributed by atoms with van der Waals surface area (Å²) in [5.41, 5.74) is 2.39.